The van der Waals surface area contributed by atoms with Crippen molar-refractivity contribution in [1.29, 1.82) is 0 Å². The summed E-state index contributed by atoms with van der Waals surface area (Å²) in [6, 6.07) is 12.3. The van der Waals surface area contributed by atoms with Gasteiger partial charge in [-0.05, 0) is 24.3 Å². The van der Waals surface area contributed by atoms with Gasteiger partial charge in [0, 0.05) is 11.8 Å². The molecule has 0 heterocycles. The third-order valence-corrected chi connectivity index (χ3v) is 3.55. The Kier molecular flexibility index (Phi) is 5.66. The zero-order valence-corrected chi connectivity index (χ0v) is 12.7. The molecule has 0 amide bonds. The van der Waals surface area contributed by atoms with Crippen LogP contribution in [-0.4, -0.2) is 17.8 Å². The second-order valence-corrected chi connectivity index (χ2v) is 4.99. The summed E-state index contributed by atoms with van der Waals surface area (Å²) >= 11 is 0. The van der Waals surface area contributed by atoms with Crippen molar-refractivity contribution in [3.8, 4) is 17.6 Å². The summed E-state index contributed by atoms with van der Waals surface area (Å²) in [5.41, 5.74) is 0.924. The van der Waals surface area contributed by atoms with E-state index in [0.717, 1.165) is 34.9 Å². The van der Waals surface area contributed by atoms with Gasteiger partial charge in [0.25, 0.3) is 0 Å². The summed E-state index contributed by atoms with van der Waals surface area (Å²) in [6.07, 6.45) is 2.65. The average molecular weight is 282 g/mol. The Morgan fingerprint density at radius 2 is 1.86 bits per heavy atom. The number of fused-ring (bicyclic) bond motifs is 1. The van der Waals surface area contributed by atoms with Gasteiger partial charge in [0.1, 0.15) is 5.75 Å². The van der Waals surface area contributed by atoms with Gasteiger partial charge in [0.05, 0.1) is 18.3 Å². The van der Waals surface area contributed by atoms with E-state index in [9.17, 15) is 0 Å². The molecule has 110 valence electrons. The lowest BCUT2D eigenvalue weighted by Crippen LogP contribution is -2.14. The second kappa shape index (κ2) is 7.71. The molecule has 0 saturated carbocycles. The van der Waals surface area contributed by atoms with Gasteiger partial charge in [-0.2, -0.15) is 0 Å². The second-order valence-electron chi connectivity index (χ2n) is 4.99. The van der Waals surface area contributed by atoms with Crippen molar-refractivity contribution in [2.24, 2.45) is 0 Å². The first-order valence-corrected chi connectivity index (χ1v) is 7.58. The highest BCUT2D eigenvalue weighted by atomic mass is 16.5. The first-order chi connectivity index (χ1) is 10.3. The number of hydrogen-bond acceptors (Lipinski definition) is 2. The molecule has 0 unspecified atom stereocenters. The van der Waals surface area contributed by atoms with Gasteiger partial charge in [-0.3, -0.25) is 0 Å². The molecule has 1 N–H and O–H groups in total. The minimum atomic E-state index is 0.0838. The molecule has 2 nitrogen and oxygen atoms in total. The number of aliphatic hydroxyl groups is 1. The van der Waals surface area contributed by atoms with Crippen molar-refractivity contribution < 1.29 is 9.84 Å². The molecule has 0 aliphatic heterocycles. The molecular formula is C19H22O2. The lowest BCUT2D eigenvalue weighted by atomic mass is 10.0. The summed E-state index contributed by atoms with van der Waals surface area (Å²) < 4.78 is 6.12. The fourth-order valence-corrected chi connectivity index (χ4v) is 2.32. The molecule has 0 aromatic heterocycles. The van der Waals surface area contributed by atoms with Gasteiger partial charge in [0.15, 0.2) is 0 Å². The van der Waals surface area contributed by atoms with Gasteiger partial charge >= 0.3 is 0 Å². The van der Waals surface area contributed by atoms with Crippen LogP contribution < -0.4 is 4.74 Å². The normalized spacial score (nSPS) is 10.5. The average Bonchev–Trinajstić information content (AvgIpc) is 2.54. The van der Waals surface area contributed by atoms with Crippen molar-refractivity contribution in [2.45, 2.75) is 39.2 Å². The van der Waals surface area contributed by atoms with Gasteiger partial charge in [-0.1, -0.05) is 56.0 Å². The number of benzene rings is 2. The van der Waals surface area contributed by atoms with E-state index < -0.39 is 0 Å². The Morgan fingerprint density at radius 3 is 2.57 bits per heavy atom. The molecule has 2 aromatic rings. The molecular weight excluding hydrogens is 260 g/mol. The van der Waals surface area contributed by atoms with Crippen molar-refractivity contribution >= 4 is 10.8 Å². The minimum Gasteiger partial charge on any atom is -0.489 e. The molecule has 0 radical (unpaired) electrons. The monoisotopic (exact) mass is 282 g/mol. The van der Waals surface area contributed by atoms with Crippen molar-refractivity contribution in [2.75, 3.05) is 6.61 Å². The predicted molar refractivity (Wildman–Crippen MR) is 87.5 cm³/mol. The van der Waals surface area contributed by atoms with Crippen LogP contribution in [0, 0.1) is 11.8 Å². The van der Waals surface area contributed by atoms with E-state index in [1.54, 1.807) is 0 Å². The summed E-state index contributed by atoms with van der Waals surface area (Å²) in [7, 11) is 0. The summed E-state index contributed by atoms with van der Waals surface area (Å²) in [6.45, 7) is 4.35. The number of aliphatic hydroxyl groups excluding tert-OH is 1. The summed E-state index contributed by atoms with van der Waals surface area (Å²) in [5.74, 6) is 7.03. The Balaban J connectivity index is 2.48. The van der Waals surface area contributed by atoms with E-state index in [2.05, 4.69) is 43.9 Å². The van der Waals surface area contributed by atoms with Crippen molar-refractivity contribution in [1.82, 2.24) is 0 Å². The zero-order chi connectivity index (χ0) is 15.1. The maximum absolute atomic E-state index is 8.91. The van der Waals surface area contributed by atoms with Gasteiger partial charge in [0.2, 0.25) is 0 Å². The SMILES string of the molecule is CCC(CC)Oc1ccc2ccccc2c1C#CCCO. The first-order valence-electron chi connectivity index (χ1n) is 7.58. The standard InChI is InChI=1S/C19H22O2/c1-3-16(4-2)21-19-13-12-15-9-5-6-10-17(15)18(19)11-7-8-14-20/h5-6,9-10,12-13,16,20H,3-4,8,14H2,1-2H3. The third kappa shape index (κ3) is 3.77. The highest BCUT2D eigenvalue weighted by Gasteiger charge is 2.11. The molecule has 0 saturated heterocycles. The topological polar surface area (TPSA) is 29.5 Å². The number of rotatable bonds is 5. The number of hydrogen-bond donors (Lipinski definition) is 1. The lowest BCUT2D eigenvalue weighted by molar-refractivity contribution is 0.192. The maximum Gasteiger partial charge on any atom is 0.135 e. The van der Waals surface area contributed by atoms with Gasteiger partial charge < -0.3 is 9.84 Å². The Labute approximate surface area is 126 Å². The molecule has 0 atom stereocenters. The fourth-order valence-electron chi connectivity index (χ4n) is 2.32. The lowest BCUT2D eigenvalue weighted by Gasteiger charge is -2.18. The van der Waals surface area contributed by atoms with Crippen molar-refractivity contribution in [3.05, 3.63) is 42.0 Å². The van der Waals surface area contributed by atoms with Crippen LogP contribution in [0.25, 0.3) is 10.8 Å². The van der Waals surface area contributed by atoms with Gasteiger partial charge in [-0.25, -0.2) is 0 Å². The predicted octanol–water partition coefficient (Wildman–Crippen LogP) is 4.14. The van der Waals surface area contributed by atoms with Crippen LogP contribution >= 0.6 is 0 Å². The molecule has 0 aliphatic rings. The van der Waals surface area contributed by atoms with E-state index in [1.807, 2.05) is 18.2 Å². The van der Waals surface area contributed by atoms with E-state index in [-0.39, 0.29) is 12.7 Å². The highest BCUT2D eigenvalue weighted by Crippen LogP contribution is 2.28. The molecule has 2 aromatic carbocycles. The Hall–Kier alpha value is -1.98. The molecule has 0 bridgehead atoms. The van der Waals surface area contributed by atoms with Crippen LogP contribution in [0.1, 0.15) is 38.7 Å². The molecule has 2 rings (SSSR count). The smallest absolute Gasteiger partial charge is 0.135 e. The van der Waals surface area contributed by atoms with Crippen LogP contribution in [0.4, 0.5) is 0 Å². The first kappa shape index (κ1) is 15.4. The van der Waals surface area contributed by atoms with E-state index in [1.165, 1.54) is 0 Å². The minimum absolute atomic E-state index is 0.0838. The van der Waals surface area contributed by atoms with Crippen LogP contribution in [0.2, 0.25) is 0 Å². The zero-order valence-electron chi connectivity index (χ0n) is 12.7. The molecule has 0 fully saturated rings. The van der Waals surface area contributed by atoms with Crippen LogP contribution in [0.15, 0.2) is 36.4 Å². The fraction of sp³-hybridized carbons (Fsp3) is 0.368. The third-order valence-electron chi connectivity index (χ3n) is 3.55. The van der Waals surface area contributed by atoms with Crippen molar-refractivity contribution in [3.63, 3.8) is 0 Å². The highest BCUT2D eigenvalue weighted by molar-refractivity contribution is 5.90. The molecule has 2 heteroatoms. The largest absolute Gasteiger partial charge is 0.489 e. The van der Waals surface area contributed by atoms with Crippen LogP contribution in [-0.2, 0) is 0 Å². The Morgan fingerprint density at radius 1 is 1.10 bits per heavy atom. The molecule has 21 heavy (non-hydrogen) atoms. The Bertz CT molecular complexity index is 645. The van der Waals surface area contributed by atoms with E-state index in [4.69, 9.17) is 9.84 Å². The number of ether oxygens (including phenoxy) is 1. The maximum atomic E-state index is 8.91. The van der Waals surface area contributed by atoms with E-state index >= 15 is 0 Å². The van der Waals surface area contributed by atoms with Crippen LogP contribution in [0.5, 0.6) is 5.75 Å². The molecule has 0 spiro atoms. The summed E-state index contributed by atoms with van der Waals surface area (Å²) in [4.78, 5) is 0. The van der Waals surface area contributed by atoms with Gasteiger partial charge in [-0.15, -0.1) is 0 Å². The van der Waals surface area contributed by atoms with Crippen LogP contribution in [0.3, 0.4) is 0 Å². The van der Waals surface area contributed by atoms with E-state index in [0.29, 0.717) is 6.42 Å². The summed E-state index contributed by atoms with van der Waals surface area (Å²) in [5, 5.41) is 11.2. The quantitative estimate of drug-likeness (QED) is 0.835. The molecule has 0 aliphatic carbocycles.